The van der Waals surface area contributed by atoms with Gasteiger partial charge in [0.15, 0.2) is 5.76 Å². The average Bonchev–Trinajstić information content (AvgIpc) is 3.16. The molecule has 3 aromatic rings. The van der Waals surface area contributed by atoms with Gasteiger partial charge in [-0.05, 0) is 29.8 Å². The number of methoxy groups -OCH3 is 1. The Kier molecular flexibility index (Phi) is 9.34. The predicted molar refractivity (Wildman–Crippen MR) is 119 cm³/mol. The summed E-state index contributed by atoms with van der Waals surface area (Å²) in [5.74, 6) is -0.0981. The fraction of sp³-hybridized carbons (Fsp3) is 0.273. The van der Waals surface area contributed by atoms with Crippen molar-refractivity contribution in [1.29, 1.82) is 0 Å². The van der Waals surface area contributed by atoms with Crippen LogP contribution in [0.5, 0.6) is 0 Å². The molecule has 0 aliphatic carbocycles. The summed E-state index contributed by atoms with van der Waals surface area (Å²) in [6.07, 6.45) is 0.288. The van der Waals surface area contributed by atoms with Crippen molar-refractivity contribution in [3.8, 4) is 0 Å². The van der Waals surface area contributed by atoms with Crippen LogP contribution in [-0.4, -0.2) is 45.2 Å². The molecule has 0 atom stereocenters. The van der Waals surface area contributed by atoms with Gasteiger partial charge in [0, 0.05) is 37.8 Å². The van der Waals surface area contributed by atoms with Gasteiger partial charge in [-0.15, -0.1) is 12.4 Å². The Morgan fingerprint density at radius 2 is 1.77 bits per heavy atom. The number of benzene rings is 2. The minimum atomic E-state index is -0.312. The molecule has 30 heavy (non-hydrogen) atoms. The molecule has 2 aromatic carbocycles. The second-order valence-corrected chi connectivity index (χ2v) is 6.57. The third-order valence-corrected chi connectivity index (χ3v) is 4.33. The van der Waals surface area contributed by atoms with E-state index >= 15 is 0 Å². The fourth-order valence-electron chi connectivity index (χ4n) is 2.83. The van der Waals surface area contributed by atoms with E-state index in [0.29, 0.717) is 31.0 Å². The van der Waals surface area contributed by atoms with E-state index < -0.39 is 0 Å². The van der Waals surface area contributed by atoms with Gasteiger partial charge in [-0.2, -0.15) is 0 Å². The number of ether oxygens (including phenoxy) is 1. The number of hydrogen-bond acceptors (Lipinski definition) is 5. The molecule has 0 unspecified atom stereocenters. The molecule has 0 spiro atoms. The number of para-hydroxylation sites is 1. The number of nitrogens with one attached hydrogen (secondary N) is 3. The largest absolute Gasteiger partial charge is 0.451 e. The number of carbonyl (C=O) groups is 2. The van der Waals surface area contributed by atoms with Gasteiger partial charge in [0.25, 0.3) is 5.91 Å². The van der Waals surface area contributed by atoms with Crippen LogP contribution in [-0.2, 0) is 16.0 Å². The summed E-state index contributed by atoms with van der Waals surface area (Å²) in [4.78, 5) is 24.4. The molecule has 0 aliphatic heterocycles. The van der Waals surface area contributed by atoms with Gasteiger partial charge in [-0.1, -0.05) is 30.3 Å². The number of amides is 2. The molecule has 0 saturated heterocycles. The summed E-state index contributed by atoms with van der Waals surface area (Å²) >= 11 is 0. The normalized spacial score (nSPS) is 10.4. The third-order valence-electron chi connectivity index (χ3n) is 4.33. The van der Waals surface area contributed by atoms with Crippen molar-refractivity contribution >= 4 is 40.9 Å². The number of carbonyl (C=O) groups excluding carboxylic acids is 2. The maximum absolute atomic E-state index is 12.4. The van der Waals surface area contributed by atoms with Crippen LogP contribution in [0, 0.1) is 0 Å². The van der Waals surface area contributed by atoms with Gasteiger partial charge >= 0.3 is 0 Å². The zero-order valence-electron chi connectivity index (χ0n) is 16.8. The van der Waals surface area contributed by atoms with Gasteiger partial charge in [0.05, 0.1) is 13.0 Å². The smallest absolute Gasteiger partial charge is 0.291 e. The molecule has 1 aromatic heterocycles. The molecule has 3 N–H and O–H groups in total. The Morgan fingerprint density at radius 3 is 2.50 bits per heavy atom. The summed E-state index contributed by atoms with van der Waals surface area (Å²) in [5, 5.41) is 9.72. The van der Waals surface area contributed by atoms with Crippen molar-refractivity contribution in [2.24, 2.45) is 0 Å². The van der Waals surface area contributed by atoms with Crippen molar-refractivity contribution in [2.45, 2.75) is 6.42 Å². The molecule has 0 bridgehead atoms. The van der Waals surface area contributed by atoms with Crippen molar-refractivity contribution in [2.75, 3.05) is 38.7 Å². The van der Waals surface area contributed by atoms with E-state index in [9.17, 15) is 9.59 Å². The van der Waals surface area contributed by atoms with Gasteiger partial charge < -0.3 is 25.1 Å². The molecule has 0 fully saturated rings. The summed E-state index contributed by atoms with van der Waals surface area (Å²) in [6.45, 7) is 2.66. The maximum atomic E-state index is 12.4. The summed E-state index contributed by atoms with van der Waals surface area (Å²) in [7, 11) is 1.65. The Balaban J connectivity index is 0.00000320. The molecule has 1 heterocycles. The quantitative estimate of drug-likeness (QED) is 0.429. The van der Waals surface area contributed by atoms with Crippen molar-refractivity contribution in [3.63, 3.8) is 0 Å². The lowest BCUT2D eigenvalue weighted by Crippen LogP contribution is -2.33. The molecule has 8 heteroatoms. The second kappa shape index (κ2) is 12.0. The van der Waals surface area contributed by atoms with E-state index in [2.05, 4.69) is 16.0 Å². The summed E-state index contributed by atoms with van der Waals surface area (Å²) in [5.41, 5.74) is 2.19. The SMILES string of the molecule is COCCNCCNC(=O)Cc1ccc(NC(=O)c2cc3ccccc3o2)cc1.Cl. The van der Waals surface area contributed by atoms with Gasteiger partial charge in [0.1, 0.15) is 5.58 Å². The lowest BCUT2D eigenvalue weighted by Gasteiger charge is -2.08. The number of hydrogen-bond donors (Lipinski definition) is 3. The highest BCUT2D eigenvalue weighted by molar-refractivity contribution is 6.04. The Bertz CT molecular complexity index is 923. The van der Waals surface area contributed by atoms with Crippen LogP contribution in [0.3, 0.4) is 0 Å². The molecule has 3 rings (SSSR count). The van der Waals surface area contributed by atoms with Crippen LogP contribution in [0.4, 0.5) is 5.69 Å². The number of halogens is 1. The van der Waals surface area contributed by atoms with Crippen molar-refractivity contribution in [1.82, 2.24) is 10.6 Å². The Labute approximate surface area is 181 Å². The van der Waals surface area contributed by atoms with Crippen LogP contribution in [0.1, 0.15) is 16.1 Å². The van der Waals surface area contributed by atoms with Crippen LogP contribution < -0.4 is 16.0 Å². The molecule has 7 nitrogen and oxygen atoms in total. The van der Waals surface area contributed by atoms with E-state index in [4.69, 9.17) is 9.15 Å². The first-order chi connectivity index (χ1) is 14.2. The maximum Gasteiger partial charge on any atom is 0.291 e. The number of anilines is 1. The number of rotatable bonds is 10. The molecule has 0 saturated carbocycles. The van der Waals surface area contributed by atoms with Gasteiger partial charge in [-0.25, -0.2) is 0 Å². The van der Waals surface area contributed by atoms with E-state index in [0.717, 1.165) is 17.5 Å². The first-order valence-electron chi connectivity index (χ1n) is 9.51. The standard InChI is InChI=1S/C22H25N3O4.ClH/c1-28-13-12-23-10-11-24-21(26)14-16-6-8-18(9-7-16)25-22(27)20-15-17-4-2-3-5-19(17)29-20;/h2-9,15,23H,10-14H2,1H3,(H,24,26)(H,25,27);1H. The Morgan fingerprint density at radius 1 is 1.00 bits per heavy atom. The zero-order valence-corrected chi connectivity index (χ0v) is 17.6. The highest BCUT2D eigenvalue weighted by atomic mass is 35.5. The molecule has 2 amide bonds. The molecular weight excluding hydrogens is 406 g/mol. The first-order valence-corrected chi connectivity index (χ1v) is 9.51. The minimum Gasteiger partial charge on any atom is -0.451 e. The molecule has 160 valence electrons. The van der Waals surface area contributed by atoms with E-state index in [1.165, 1.54) is 0 Å². The van der Waals surface area contributed by atoms with Gasteiger partial charge in [-0.3, -0.25) is 9.59 Å². The Hall–Kier alpha value is -2.87. The number of furan rings is 1. The predicted octanol–water partition coefficient (Wildman–Crippen LogP) is 3.00. The van der Waals surface area contributed by atoms with Crippen LogP contribution in [0.25, 0.3) is 11.0 Å². The lowest BCUT2D eigenvalue weighted by atomic mass is 10.1. The van der Waals surface area contributed by atoms with Crippen LogP contribution in [0.15, 0.2) is 59.0 Å². The van der Waals surface area contributed by atoms with Crippen molar-refractivity contribution in [3.05, 3.63) is 65.9 Å². The highest BCUT2D eigenvalue weighted by Gasteiger charge is 2.12. The zero-order chi connectivity index (χ0) is 20.5. The van der Waals surface area contributed by atoms with Crippen LogP contribution in [0.2, 0.25) is 0 Å². The monoisotopic (exact) mass is 431 g/mol. The minimum absolute atomic E-state index is 0. The lowest BCUT2D eigenvalue weighted by molar-refractivity contribution is -0.120. The van der Waals surface area contributed by atoms with Gasteiger partial charge in [0.2, 0.25) is 5.91 Å². The highest BCUT2D eigenvalue weighted by Crippen LogP contribution is 2.20. The average molecular weight is 432 g/mol. The summed E-state index contributed by atoms with van der Waals surface area (Å²) < 4.78 is 10.5. The van der Waals surface area contributed by atoms with Crippen LogP contribution >= 0.6 is 12.4 Å². The van der Waals surface area contributed by atoms with E-state index in [1.54, 1.807) is 25.3 Å². The molecule has 0 radical (unpaired) electrons. The topological polar surface area (TPSA) is 92.6 Å². The second-order valence-electron chi connectivity index (χ2n) is 6.57. The molecule has 0 aliphatic rings. The molecular formula is C22H26ClN3O4. The van der Waals surface area contributed by atoms with E-state index in [1.807, 2.05) is 36.4 Å². The number of fused-ring (bicyclic) bond motifs is 1. The van der Waals surface area contributed by atoms with E-state index in [-0.39, 0.29) is 36.4 Å². The van der Waals surface area contributed by atoms with Crippen molar-refractivity contribution < 1.29 is 18.7 Å². The fourth-order valence-corrected chi connectivity index (χ4v) is 2.83. The third kappa shape index (κ3) is 6.88. The first kappa shape index (κ1) is 23.4. The summed E-state index contributed by atoms with van der Waals surface area (Å²) in [6, 6.07) is 16.4.